The van der Waals surface area contributed by atoms with E-state index in [0.717, 1.165) is 26.1 Å². The van der Waals surface area contributed by atoms with Gasteiger partial charge in [0.05, 0.1) is 42.4 Å². The molecule has 0 radical (unpaired) electrons. The van der Waals surface area contributed by atoms with Crippen LogP contribution in [0, 0.1) is 17.8 Å². The Labute approximate surface area is 187 Å². The molecule has 2 bridgehead atoms. The Hall–Kier alpha value is -1.36. The molecule has 4 aliphatic rings. The SMILES string of the molecule is CNC(=O)[C@@H]1[C@H]2C(=O)N([C@H](C)CO)C(C(=O)NCCN3CCOCC3)C23S[C@@H]1CC3C. The molecule has 3 unspecified atom stereocenters. The maximum Gasteiger partial charge on any atom is 0.244 e. The fourth-order valence-electron chi connectivity index (χ4n) is 6.05. The second-order valence-corrected chi connectivity index (χ2v) is 10.7. The van der Waals surface area contributed by atoms with Crippen LogP contribution in [0.5, 0.6) is 0 Å². The van der Waals surface area contributed by atoms with Gasteiger partial charge in [-0.15, -0.1) is 11.8 Å². The molecule has 31 heavy (non-hydrogen) atoms. The molecule has 0 aromatic carbocycles. The Morgan fingerprint density at radius 2 is 2.03 bits per heavy atom. The maximum atomic E-state index is 13.6. The Balaban J connectivity index is 1.58. The van der Waals surface area contributed by atoms with E-state index in [-0.39, 0.29) is 35.5 Å². The van der Waals surface area contributed by atoms with Crippen molar-refractivity contribution >= 4 is 29.5 Å². The minimum absolute atomic E-state index is 0.0409. The molecule has 3 amide bonds. The van der Waals surface area contributed by atoms with Crippen LogP contribution in [0.3, 0.4) is 0 Å². The highest BCUT2D eigenvalue weighted by Crippen LogP contribution is 2.68. The third kappa shape index (κ3) is 3.55. The number of amides is 3. The average Bonchev–Trinajstić information content (AvgIpc) is 3.37. The van der Waals surface area contributed by atoms with Crippen molar-refractivity contribution in [1.29, 1.82) is 0 Å². The standard InChI is InChI=1S/C21H34N4O5S/c1-12-10-14-15(18(27)22-3)16-20(29)25(13(2)11-26)17(21(12,16)31-14)19(28)23-4-5-24-6-8-30-9-7-24/h12-17,26H,4-11H2,1-3H3,(H,22,27)(H,23,28)/t12?,13-,14-,15+,16+,17?,21?/m1/s1. The van der Waals surface area contributed by atoms with Crippen LogP contribution >= 0.6 is 11.8 Å². The molecule has 0 saturated carbocycles. The predicted octanol–water partition coefficient (Wildman–Crippen LogP) is -1.10. The van der Waals surface area contributed by atoms with Crippen molar-refractivity contribution in [2.45, 2.75) is 42.3 Å². The normalized spacial score (nSPS) is 38.3. The number of carbonyl (C=O) groups excluding carboxylic acids is 3. The third-order valence-corrected chi connectivity index (χ3v) is 9.63. The largest absolute Gasteiger partial charge is 0.394 e. The van der Waals surface area contributed by atoms with E-state index in [4.69, 9.17) is 4.74 Å². The number of fused-ring (bicyclic) bond motifs is 1. The number of nitrogens with one attached hydrogen (secondary N) is 2. The minimum atomic E-state index is -0.684. The van der Waals surface area contributed by atoms with Crippen molar-refractivity contribution in [3.8, 4) is 0 Å². The first-order chi connectivity index (χ1) is 14.9. The van der Waals surface area contributed by atoms with Gasteiger partial charge >= 0.3 is 0 Å². The lowest BCUT2D eigenvalue weighted by molar-refractivity contribution is -0.142. The van der Waals surface area contributed by atoms with E-state index in [2.05, 4.69) is 22.5 Å². The molecule has 1 spiro atoms. The second-order valence-electron chi connectivity index (χ2n) is 9.19. The molecule has 4 heterocycles. The highest BCUT2D eigenvalue weighted by molar-refractivity contribution is 8.02. The number of hydrogen-bond donors (Lipinski definition) is 3. The van der Waals surface area contributed by atoms with Crippen molar-refractivity contribution in [2.75, 3.05) is 53.0 Å². The van der Waals surface area contributed by atoms with Crippen molar-refractivity contribution < 1.29 is 24.2 Å². The highest BCUT2D eigenvalue weighted by atomic mass is 32.2. The predicted molar refractivity (Wildman–Crippen MR) is 116 cm³/mol. The zero-order chi connectivity index (χ0) is 22.3. The van der Waals surface area contributed by atoms with Crippen LogP contribution in [0.15, 0.2) is 0 Å². The molecule has 0 aliphatic carbocycles. The number of likely N-dealkylation sites (tertiary alicyclic amines) is 1. The van der Waals surface area contributed by atoms with E-state index >= 15 is 0 Å². The summed E-state index contributed by atoms with van der Waals surface area (Å²) < 4.78 is 4.74. The van der Waals surface area contributed by atoms with Gasteiger partial charge in [-0.05, 0) is 19.3 Å². The number of nitrogens with zero attached hydrogens (tertiary/aromatic N) is 2. The lowest BCUT2D eigenvalue weighted by Crippen LogP contribution is -2.58. The number of hydrogen-bond acceptors (Lipinski definition) is 7. The van der Waals surface area contributed by atoms with Crippen molar-refractivity contribution in [2.24, 2.45) is 17.8 Å². The summed E-state index contributed by atoms with van der Waals surface area (Å²) >= 11 is 1.65. The van der Waals surface area contributed by atoms with Gasteiger partial charge in [-0.3, -0.25) is 19.3 Å². The molecule has 7 atom stereocenters. The van der Waals surface area contributed by atoms with Gasteiger partial charge in [0.1, 0.15) is 6.04 Å². The first-order valence-electron chi connectivity index (χ1n) is 11.3. The first kappa shape index (κ1) is 22.8. The summed E-state index contributed by atoms with van der Waals surface area (Å²) in [7, 11) is 1.60. The van der Waals surface area contributed by atoms with Crippen LogP contribution in [0.2, 0.25) is 0 Å². The number of rotatable bonds is 7. The lowest BCUT2D eigenvalue weighted by atomic mass is 9.66. The summed E-state index contributed by atoms with van der Waals surface area (Å²) in [5, 5.41) is 15.7. The quantitative estimate of drug-likeness (QED) is 0.448. The average molecular weight is 455 g/mol. The van der Waals surface area contributed by atoms with Crippen LogP contribution in [0.1, 0.15) is 20.3 Å². The van der Waals surface area contributed by atoms with Gasteiger partial charge < -0.3 is 25.4 Å². The lowest BCUT2D eigenvalue weighted by Gasteiger charge is -2.39. The fraction of sp³-hybridized carbons (Fsp3) is 0.857. The zero-order valence-electron chi connectivity index (χ0n) is 18.5. The maximum absolute atomic E-state index is 13.6. The van der Waals surface area contributed by atoms with Gasteiger partial charge in [0.15, 0.2) is 0 Å². The summed E-state index contributed by atoms with van der Waals surface area (Å²) in [6.07, 6.45) is 0.811. The highest BCUT2D eigenvalue weighted by Gasteiger charge is 2.76. The topological polar surface area (TPSA) is 111 Å². The van der Waals surface area contributed by atoms with Crippen LogP contribution in [-0.4, -0.2) is 108 Å². The van der Waals surface area contributed by atoms with E-state index in [0.29, 0.717) is 19.8 Å². The van der Waals surface area contributed by atoms with Gasteiger partial charge in [0.25, 0.3) is 0 Å². The molecular formula is C21H34N4O5S. The molecule has 0 aromatic rings. The number of ether oxygens (including phenoxy) is 1. The Bertz CT molecular complexity index is 733. The van der Waals surface area contributed by atoms with Crippen molar-refractivity contribution in [3.05, 3.63) is 0 Å². The smallest absolute Gasteiger partial charge is 0.244 e. The number of carbonyl (C=O) groups is 3. The first-order valence-corrected chi connectivity index (χ1v) is 12.1. The van der Waals surface area contributed by atoms with E-state index in [9.17, 15) is 19.5 Å². The van der Waals surface area contributed by atoms with Crippen molar-refractivity contribution in [1.82, 2.24) is 20.4 Å². The fourth-order valence-corrected chi connectivity index (χ4v) is 8.46. The Morgan fingerprint density at radius 3 is 2.68 bits per heavy atom. The van der Waals surface area contributed by atoms with Gasteiger partial charge in [0.2, 0.25) is 17.7 Å². The summed E-state index contributed by atoms with van der Waals surface area (Å²) in [4.78, 5) is 43.7. The third-order valence-electron chi connectivity index (χ3n) is 7.55. The molecule has 3 N–H and O–H groups in total. The summed E-state index contributed by atoms with van der Waals surface area (Å²) in [6.45, 7) is 7.96. The van der Waals surface area contributed by atoms with Gasteiger partial charge in [-0.2, -0.15) is 0 Å². The van der Waals surface area contributed by atoms with Crippen molar-refractivity contribution in [3.63, 3.8) is 0 Å². The molecule has 4 saturated heterocycles. The molecule has 9 nitrogen and oxygen atoms in total. The van der Waals surface area contributed by atoms with Gasteiger partial charge in [0, 0.05) is 38.5 Å². The molecule has 174 valence electrons. The van der Waals surface area contributed by atoms with Crippen LogP contribution < -0.4 is 10.6 Å². The molecule has 10 heteroatoms. The number of thioether (sulfide) groups is 1. The number of aliphatic hydroxyl groups excluding tert-OH is 1. The molecular weight excluding hydrogens is 420 g/mol. The number of morpholine rings is 1. The Morgan fingerprint density at radius 1 is 1.32 bits per heavy atom. The molecule has 4 rings (SSSR count). The molecule has 4 fully saturated rings. The van der Waals surface area contributed by atoms with Crippen LogP contribution in [-0.2, 0) is 19.1 Å². The second kappa shape index (κ2) is 8.88. The summed E-state index contributed by atoms with van der Waals surface area (Å²) in [5.41, 5.74) is 0. The molecule has 4 aliphatic heterocycles. The molecule has 0 aromatic heterocycles. The van der Waals surface area contributed by atoms with Gasteiger partial charge in [-0.1, -0.05) is 6.92 Å². The Kier molecular flexibility index (Phi) is 6.54. The zero-order valence-corrected chi connectivity index (χ0v) is 19.3. The monoisotopic (exact) mass is 454 g/mol. The number of aliphatic hydroxyl groups is 1. The van der Waals surface area contributed by atoms with Gasteiger partial charge in [-0.25, -0.2) is 0 Å². The summed E-state index contributed by atoms with van der Waals surface area (Å²) in [5.74, 6) is -1.32. The van der Waals surface area contributed by atoms with E-state index < -0.39 is 28.7 Å². The van der Waals surface area contributed by atoms with E-state index in [1.807, 2.05) is 0 Å². The van der Waals surface area contributed by atoms with Crippen LogP contribution in [0.25, 0.3) is 0 Å². The van der Waals surface area contributed by atoms with Crippen LogP contribution in [0.4, 0.5) is 0 Å². The minimum Gasteiger partial charge on any atom is -0.394 e. The van der Waals surface area contributed by atoms with E-state index in [1.54, 1.807) is 30.6 Å². The van der Waals surface area contributed by atoms with E-state index in [1.165, 1.54) is 0 Å². The summed E-state index contributed by atoms with van der Waals surface area (Å²) in [6, 6.07) is -1.17.